The molecule has 0 radical (unpaired) electrons. The summed E-state index contributed by atoms with van der Waals surface area (Å²) in [6, 6.07) is 18.4. The normalized spacial score (nSPS) is 16.1. The van der Waals surface area contributed by atoms with Crippen LogP contribution in [0.4, 0.5) is 5.69 Å². The predicted octanol–water partition coefficient (Wildman–Crippen LogP) is 9.36. The topological polar surface area (TPSA) is 126 Å². The highest BCUT2D eigenvalue weighted by molar-refractivity contribution is 5.80. The van der Waals surface area contributed by atoms with E-state index >= 15 is 0 Å². The number of aromatic nitrogens is 2. The first-order valence-electron chi connectivity index (χ1n) is 20.7. The summed E-state index contributed by atoms with van der Waals surface area (Å²) in [6.07, 6.45) is 19.9. The fourth-order valence-electron chi connectivity index (χ4n) is 7.90. The largest absolute Gasteiger partial charge is 0.481 e. The number of rotatable bonds is 26. The summed E-state index contributed by atoms with van der Waals surface area (Å²) >= 11 is 0. The van der Waals surface area contributed by atoms with Gasteiger partial charge in [-0.15, -0.1) is 0 Å². The zero-order valence-corrected chi connectivity index (χ0v) is 33.7. The van der Waals surface area contributed by atoms with Crippen LogP contribution in [0.1, 0.15) is 122 Å². The summed E-state index contributed by atoms with van der Waals surface area (Å²) in [5.41, 5.74) is 4.33. The second kappa shape index (κ2) is 23.0. The van der Waals surface area contributed by atoms with Gasteiger partial charge in [-0.2, -0.15) is 5.26 Å². The maximum Gasteiger partial charge on any atom is 0.307 e. The van der Waals surface area contributed by atoms with Crippen molar-refractivity contribution in [2.45, 2.75) is 129 Å². The van der Waals surface area contributed by atoms with Gasteiger partial charge in [0.25, 0.3) is 12.3 Å². The molecule has 2 aromatic carbocycles. The van der Waals surface area contributed by atoms with Crippen LogP contribution in [0.2, 0.25) is 0 Å². The van der Waals surface area contributed by atoms with E-state index in [2.05, 4.69) is 48.1 Å². The number of benzene rings is 2. The summed E-state index contributed by atoms with van der Waals surface area (Å²) < 4.78 is 15.2. The molecule has 3 aromatic rings. The van der Waals surface area contributed by atoms with E-state index in [1.165, 1.54) is 32.1 Å². The molecule has 4 rings (SSSR count). The van der Waals surface area contributed by atoms with E-state index in [0.29, 0.717) is 31.6 Å². The fourth-order valence-corrected chi connectivity index (χ4v) is 7.90. The molecule has 1 aliphatic heterocycles. The van der Waals surface area contributed by atoms with Crippen molar-refractivity contribution in [3.05, 3.63) is 89.4 Å². The van der Waals surface area contributed by atoms with E-state index in [1.54, 1.807) is 12.2 Å². The Morgan fingerprint density at radius 1 is 0.893 bits per heavy atom. The molecular weight excluding hydrogens is 705 g/mol. The molecule has 0 spiro atoms. The zero-order valence-electron chi connectivity index (χ0n) is 33.7. The quantitative estimate of drug-likeness (QED) is 0.0214. The van der Waals surface area contributed by atoms with Crippen molar-refractivity contribution < 1.29 is 33.5 Å². The second-order valence-corrected chi connectivity index (χ2v) is 14.6. The van der Waals surface area contributed by atoms with Crippen molar-refractivity contribution in [3.63, 3.8) is 0 Å². The van der Waals surface area contributed by atoms with Crippen molar-refractivity contribution in [2.24, 2.45) is 0 Å². The Morgan fingerprint density at radius 3 is 2.32 bits per heavy atom. The van der Waals surface area contributed by atoms with Gasteiger partial charge in [0.2, 0.25) is 0 Å². The van der Waals surface area contributed by atoms with Crippen LogP contribution in [0.15, 0.2) is 78.0 Å². The number of carboxylic acids is 1. The highest BCUT2D eigenvalue weighted by Gasteiger charge is 2.48. The Hall–Kier alpha value is -5.17. The fraction of sp³-hybridized carbons (Fsp3) is 0.500. The lowest BCUT2D eigenvalue weighted by molar-refractivity contribution is -0.674. The second-order valence-electron chi connectivity index (χ2n) is 14.6. The lowest BCUT2D eigenvalue weighted by Crippen LogP contribution is -2.36. The molecule has 0 fully saturated rings. The molecule has 10 heteroatoms. The Kier molecular flexibility index (Phi) is 17.9. The van der Waals surface area contributed by atoms with Crippen molar-refractivity contribution in [2.75, 3.05) is 24.7 Å². The van der Waals surface area contributed by atoms with Crippen LogP contribution in [0.25, 0.3) is 17.1 Å². The van der Waals surface area contributed by atoms with Gasteiger partial charge in [0, 0.05) is 29.4 Å². The summed E-state index contributed by atoms with van der Waals surface area (Å²) in [7, 11) is 0. The van der Waals surface area contributed by atoms with Gasteiger partial charge < -0.3 is 19.5 Å². The van der Waals surface area contributed by atoms with Crippen LogP contribution < -0.4 is 9.47 Å². The van der Waals surface area contributed by atoms with Gasteiger partial charge in [-0.3, -0.25) is 14.4 Å². The number of carbonyl (C=O) groups is 3. The predicted molar refractivity (Wildman–Crippen MR) is 221 cm³/mol. The number of esters is 1. The van der Waals surface area contributed by atoms with E-state index < -0.39 is 11.4 Å². The Bertz CT molecular complexity index is 1890. The molecule has 1 aliphatic rings. The number of carboxylic acid groups (broad SMARTS) is 1. The van der Waals surface area contributed by atoms with Crippen molar-refractivity contribution in [3.8, 4) is 6.07 Å². The molecule has 0 aliphatic carbocycles. The number of aryl methyl sites for hydroxylation is 1. The number of fused-ring (bicyclic) bond motifs is 2. The molecule has 2 heterocycles. The minimum absolute atomic E-state index is 0.0923. The molecule has 1 N–H and O–H groups in total. The SMILES string of the molecule is CCCCCCCCCCC1(CC(=O)OCCCC)C(=CC=C(C#N)C=Cc2n(CCOC=O)c3ccccc3[n+]2CCC)N(CCC(=O)O)c2ccccc21. The van der Waals surface area contributed by atoms with Crippen LogP contribution in [0, 0.1) is 11.3 Å². The average Bonchev–Trinajstić information content (AvgIpc) is 3.63. The van der Waals surface area contributed by atoms with E-state index in [4.69, 9.17) is 9.47 Å². The van der Waals surface area contributed by atoms with Crippen LogP contribution >= 0.6 is 0 Å². The summed E-state index contributed by atoms with van der Waals surface area (Å²) in [6.45, 7) is 8.82. The lowest BCUT2D eigenvalue weighted by atomic mass is 9.72. The monoisotopic (exact) mass is 765 g/mol. The lowest BCUT2D eigenvalue weighted by Gasteiger charge is -2.33. The van der Waals surface area contributed by atoms with E-state index in [9.17, 15) is 24.8 Å². The van der Waals surface area contributed by atoms with E-state index in [-0.39, 0.29) is 32.0 Å². The molecule has 0 saturated carbocycles. The standard InChI is InChI=1S/C46H60N4O6/c1-4-7-9-10-11-12-13-18-28-46(34-45(54)56-32-8-5-2)38-19-14-15-20-39(38)48(30-27-44(52)53)42(46)25-23-37(35-47)24-26-43-49(29-6-3)40-21-16-17-22-41(40)50(43)31-33-55-36-51/h14-17,19-26,36H,4-13,18,27-34H2,1-3H3/p+1. The summed E-state index contributed by atoms with van der Waals surface area (Å²) in [4.78, 5) is 38.7. The molecular formula is C46H61N4O6+. The van der Waals surface area contributed by atoms with E-state index in [1.807, 2.05) is 53.5 Å². The van der Waals surface area contributed by atoms with Gasteiger partial charge in [-0.05, 0) is 61.3 Å². The zero-order chi connectivity index (χ0) is 40.2. The number of anilines is 1. The maximum atomic E-state index is 13.7. The van der Waals surface area contributed by atoms with E-state index in [0.717, 1.165) is 78.9 Å². The van der Waals surface area contributed by atoms with Gasteiger partial charge in [0.05, 0.1) is 37.6 Å². The van der Waals surface area contributed by atoms with Gasteiger partial charge in [-0.1, -0.05) is 109 Å². The number of unbranched alkanes of at least 4 members (excludes halogenated alkanes) is 8. The van der Waals surface area contributed by atoms with Gasteiger partial charge in [0.1, 0.15) is 13.2 Å². The average molecular weight is 766 g/mol. The van der Waals surface area contributed by atoms with Crippen molar-refractivity contribution in [1.82, 2.24) is 4.57 Å². The van der Waals surface area contributed by atoms with Gasteiger partial charge in [-0.25, -0.2) is 9.13 Å². The van der Waals surface area contributed by atoms with Crippen LogP contribution in [0.3, 0.4) is 0 Å². The smallest absolute Gasteiger partial charge is 0.307 e. The first-order chi connectivity index (χ1) is 27.3. The number of hydrogen-bond acceptors (Lipinski definition) is 7. The third-order valence-corrected chi connectivity index (χ3v) is 10.6. The number of nitrogens with zero attached hydrogens (tertiary/aromatic N) is 4. The Balaban J connectivity index is 1.81. The molecule has 56 heavy (non-hydrogen) atoms. The minimum Gasteiger partial charge on any atom is -0.481 e. The van der Waals surface area contributed by atoms with Crippen molar-refractivity contribution >= 4 is 41.2 Å². The number of para-hydroxylation sites is 3. The third-order valence-electron chi connectivity index (χ3n) is 10.6. The Morgan fingerprint density at radius 2 is 1.61 bits per heavy atom. The number of allylic oxidation sites excluding steroid dienone is 5. The van der Waals surface area contributed by atoms with Gasteiger partial charge >= 0.3 is 11.9 Å². The molecule has 1 unspecified atom stereocenters. The van der Waals surface area contributed by atoms with Crippen molar-refractivity contribution in [1.29, 1.82) is 5.26 Å². The van der Waals surface area contributed by atoms with Gasteiger partial charge in [0.15, 0.2) is 11.0 Å². The Labute approximate surface area is 333 Å². The van der Waals surface area contributed by atoms with Crippen LogP contribution in [0.5, 0.6) is 0 Å². The number of hydrogen-bond donors (Lipinski definition) is 1. The number of ether oxygens (including phenoxy) is 2. The summed E-state index contributed by atoms with van der Waals surface area (Å²) in [5, 5.41) is 20.3. The van der Waals surface area contributed by atoms with Crippen LogP contribution in [-0.4, -0.2) is 47.8 Å². The molecule has 0 amide bonds. The molecule has 300 valence electrons. The minimum atomic E-state index is -0.910. The first kappa shape index (κ1) is 43.6. The number of aliphatic carboxylic acids is 1. The molecule has 10 nitrogen and oxygen atoms in total. The highest BCUT2D eigenvalue weighted by Crippen LogP contribution is 2.53. The summed E-state index contributed by atoms with van der Waals surface area (Å²) in [5.74, 6) is -0.325. The third kappa shape index (κ3) is 11.4. The number of carbonyl (C=O) groups excluding carboxylic acids is 2. The number of nitriles is 1. The van der Waals surface area contributed by atoms with Crippen LogP contribution in [-0.2, 0) is 42.4 Å². The highest BCUT2D eigenvalue weighted by atomic mass is 16.5. The molecule has 1 aromatic heterocycles. The molecule has 0 saturated heterocycles. The number of imidazole rings is 1. The molecule has 0 bridgehead atoms. The molecule has 1 atom stereocenters. The first-order valence-corrected chi connectivity index (χ1v) is 20.7. The maximum absolute atomic E-state index is 13.7.